The van der Waals surface area contributed by atoms with Gasteiger partial charge in [-0.05, 0) is 45.6 Å². The predicted molar refractivity (Wildman–Crippen MR) is 99.9 cm³/mol. The second kappa shape index (κ2) is 20.5. The van der Waals surface area contributed by atoms with Gasteiger partial charge < -0.3 is 18.9 Å². The maximum atomic E-state index is 5.56. The second-order valence-electron chi connectivity index (χ2n) is 6.04. The van der Waals surface area contributed by atoms with Crippen molar-refractivity contribution in [3.8, 4) is 0 Å². The van der Waals surface area contributed by atoms with Crippen LogP contribution in [0.5, 0.6) is 0 Å². The molecule has 0 spiro atoms. The summed E-state index contributed by atoms with van der Waals surface area (Å²) in [6.07, 6.45) is 17.8. The van der Waals surface area contributed by atoms with Crippen LogP contribution in [-0.4, -0.2) is 33.4 Å². The fourth-order valence-electron chi connectivity index (χ4n) is 2.64. The lowest BCUT2D eigenvalue weighted by Gasteiger charge is -2.16. The molecule has 0 atom stereocenters. The first-order valence-corrected chi connectivity index (χ1v) is 9.83. The van der Waals surface area contributed by atoms with Crippen molar-refractivity contribution in [2.24, 2.45) is 0 Å². The zero-order valence-electron chi connectivity index (χ0n) is 16.3. The van der Waals surface area contributed by atoms with Crippen LogP contribution < -0.4 is 0 Å². The van der Waals surface area contributed by atoms with Gasteiger partial charge in [0.1, 0.15) is 0 Å². The minimum atomic E-state index is 0.00829. The van der Waals surface area contributed by atoms with Gasteiger partial charge in [-0.15, -0.1) is 0 Å². The normalized spacial score (nSPS) is 11.7. The molecule has 144 valence electrons. The largest absolute Gasteiger partial charge is 0.476 e. The van der Waals surface area contributed by atoms with Crippen molar-refractivity contribution in [2.45, 2.75) is 90.8 Å². The molecule has 0 aromatic rings. The maximum Gasteiger partial charge on any atom is 0.187 e. The maximum absolute atomic E-state index is 5.56. The average molecular weight is 345 g/mol. The van der Waals surface area contributed by atoms with Gasteiger partial charge in [-0.25, -0.2) is 0 Å². The SMILES string of the molecule is CCOC(CCCCCCCCCCCC=COCOC)OCC. The average Bonchev–Trinajstić information content (AvgIpc) is 2.58. The van der Waals surface area contributed by atoms with Crippen molar-refractivity contribution in [2.75, 3.05) is 27.1 Å². The van der Waals surface area contributed by atoms with E-state index in [1.807, 2.05) is 13.8 Å². The third kappa shape index (κ3) is 17.8. The molecule has 0 radical (unpaired) electrons. The summed E-state index contributed by atoms with van der Waals surface area (Å²) in [4.78, 5) is 0. The topological polar surface area (TPSA) is 36.9 Å². The van der Waals surface area contributed by atoms with Crippen LogP contribution in [0.25, 0.3) is 0 Å². The Hall–Kier alpha value is -0.580. The van der Waals surface area contributed by atoms with Crippen LogP contribution in [0.15, 0.2) is 12.3 Å². The van der Waals surface area contributed by atoms with Crippen LogP contribution in [0.1, 0.15) is 84.5 Å². The number of hydrogen-bond acceptors (Lipinski definition) is 4. The van der Waals surface area contributed by atoms with Gasteiger partial charge >= 0.3 is 0 Å². The lowest BCUT2D eigenvalue weighted by molar-refractivity contribution is -0.140. The van der Waals surface area contributed by atoms with Crippen LogP contribution in [0.4, 0.5) is 0 Å². The Balaban J connectivity index is 3.20. The van der Waals surface area contributed by atoms with E-state index >= 15 is 0 Å². The zero-order chi connectivity index (χ0) is 17.7. The van der Waals surface area contributed by atoms with E-state index in [9.17, 15) is 0 Å². The number of methoxy groups -OCH3 is 1. The Kier molecular flexibility index (Phi) is 20.0. The van der Waals surface area contributed by atoms with E-state index in [0.717, 1.165) is 26.1 Å². The minimum Gasteiger partial charge on any atom is -0.476 e. The summed E-state index contributed by atoms with van der Waals surface area (Å²) >= 11 is 0. The van der Waals surface area contributed by atoms with Crippen molar-refractivity contribution < 1.29 is 18.9 Å². The van der Waals surface area contributed by atoms with E-state index in [1.165, 1.54) is 57.8 Å². The van der Waals surface area contributed by atoms with Crippen LogP contribution >= 0.6 is 0 Å². The molecule has 0 aliphatic rings. The summed E-state index contributed by atoms with van der Waals surface area (Å²) < 4.78 is 21.0. The highest BCUT2D eigenvalue weighted by Gasteiger charge is 2.06. The van der Waals surface area contributed by atoms with Crippen molar-refractivity contribution in [1.82, 2.24) is 0 Å². The molecule has 0 heterocycles. The highest BCUT2D eigenvalue weighted by molar-refractivity contribution is 4.72. The van der Waals surface area contributed by atoms with Gasteiger partial charge in [-0.1, -0.05) is 44.9 Å². The Morgan fingerprint density at radius 2 is 1.29 bits per heavy atom. The monoisotopic (exact) mass is 344 g/mol. The lowest BCUT2D eigenvalue weighted by Crippen LogP contribution is -2.17. The molecule has 0 saturated carbocycles. The van der Waals surface area contributed by atoms with E-state index in [2.05, 4.69) is 6.08 Å². The zero-order valence-corrected chi connectivity index (χ0v) is 16.3. The summed E-state index contributed by atoms with van der Waals surface area (Å²) in [5.74, 6) is 0. The summed E-state index contributed by atoms with van der Waals surface area (Å²) in [5.41, 5.74) is 0. The highest BCUT2D eigenvalue weighted by Crippen LogP contribution is 2.13. The molecule has 24 heavy (non-hydrogen) atoms. The molecule has 0 N–H and O–H groups in total. The third-order valence-corrected chi connectivity index (χ3v) is 3.89. The van der Waals surface area contributed by atoms with Gasteiger partial charge in [-0.3, -0.25) is 0 Å². The van der Waals surface area contributed by atoms with E-state index in [1.54, 1.807) is 13.4 Å². The molecule has 0 fully saturated rings. The standard InChI is InChI=1S/C20H40O4/c1-4-23-20(24-5-2)17-15-13-11-9-7-6-8-10-12-14-16-18-22-19-21-3/h16,18,20H,4-15,17,19H2,1-3H3. The first kappa shape index (κ1) is 23.4. The van der Waals surface area contributed by atoms with Crippen LogP contribution in [-0.2, 0) is 18.9 Å². The summed E-state index contributed by atoms with van der Waals surface area (Å²) in [6, 6.07) is 0. The predicted octanol–water partition coefficient (Wildman–Crippen LogP) is 5.81. The van der Waals surface area contributed by atoms with Crippen molar-refractivity contribution in [3.63, 3.8) is 0 Å². The molecule has 0 aromatic heterocycles. The van der Waals surface area contributed by atoms with Crippen LogP contribution in [0.3, 0.4) is 0 Å². The van der Waals surface area contributed by atoms with Crippen molar-refractivity contribution >= 4 is 0 Å². The van der Waals surface area contributed by atoms with E-state index < -0.39 is 0 Å². The summed E-state index contributed by atoms with van der Waals surface area (Å²) in [6.45, 7) is 5.87. The number of hydrogen-bond donors (Lipinski definition) is 0. The number of rotatable bonds is 19. The highest BCUT2D eigenvalue weighted by atomic mass is 16.7. The quantitative estimate of drug-likeness (QED) is 0.168. The Morgan fingerprint density at radius 3 is 1.83 bits per heavy atom. The molecular formula is C20H40O4. The van der Waals surface area contributed by atoms with Gasteiger partial charge in [0.25, 0.3) is 0 Å². The minimum absolute atomic E-state index is 0.00829. The fourth-order valence-corrected chi connectivity index (χ4v) is 2.64. The molecule has 0 saturated heterocycles. The van der Waals surface area contributed by atoms with Crippen LogP contribution in [0, 0.1) is 0 Å². The van der Waals surface area contributed by atoms with Gasteiger partial charge in [0.2, 0.25) is 0 Å². The first-order chi connectivity index (χ1) is 11.8. The molecule has 0 rings (SSSR count). The van der Waals surface area contributed by atoms with Crippen LogP contribution in [0.2, 0.25) is 0 Å². The fraction of sp³-hybridized carbons (Fsp3) is 0.900. The van der Waals surface area contributed by atoms with E-state index in [4.69, 9.17) is 18.9 Å². The molecule has 0 amide bonds. The van der Waals surface area contributed by atoms with Gasteiger partial charge in [0.05, 0.1) is 6.26 Å². The van der Waals surface area contributed by atoms with Gasteiger partial charge in [0, 0.05) is 20.3 Å². The summed E-state index contributed by atoms with van der Waals surface area (Å²) in [5, 5.41) is 0. The number of allylic oxidation sites excluding steroid dienone is 1. The summed E-state index contributed by atoms with van der Waals surface area (Å²) in [7, 11) is 1.63. The third-order valence-electron chi connectivity index (χ3n) is 3.89. The number of unbranched alkanes of at least 4 members (excludes halogenated alkanes) is 9. The smallest absolute Gasteiger partial charge is 0.187 e. The lowest BCUT2D eigenvalue weighted by atomic mass is 10.1. The molecule has 0 aliphatic heterocycles. The Morgan fingerprint density at radius 1 is 0.750 bits per heavy atom. The molecule has 0 aliphatic carbocycles. The van der Waals surface area contributed by atoms with Gasteiger partial charge in [-0.2, -0.15) is 0 Å². The molecule has 4 nitrogen and oxygen atoms in total. The molecule has 4 heteroatoms. The molecule has 0 unspecified atom stereocenters. The van der Waals surface area contributed by atoms with E-state index in [-0.39, 0.29) is 6.29 Å². The molecular weight excluding hydrogens is 304 g/mol. The van der Waals surface area contributed by atoms with Gasteiger partial charge in [0.15, 0.2) is 13.1 Å². The van der Waals surface area contributed by atoms with Crippen molar-refractivity contribution in [1.29, 1.82) is 0 Å². The number of ether oxygens (including phenoxy) is 4. The first-order valence-electron chi connectivity index (χ1n) is 9.83. The Labute approximate surface area is 149 Å². The second-order valence-corrected chi connectivity index (χ2v) is 6.04. The molecule has 0 bridgehead atoms. The van der Waals surface area contributed by atoms with E-state index in [0.29, 0.717) is 6.79 Å². The van der Waals surface area contributed by atoms with Crippen molar-refractivity contribution in [3.05, 3.63) is 12.3 Å². The molecule has 0 aromatic carbocycles. The Bertz CT molecular complexity index is 250.